The summed E-state index contributed by atoms with van der Waals surface area (Å²) in [6.07, 6.45) is 7.10. The molecule has 16 heavy (non-hydrogen) atoms. The van der Waals surface area contributed by atoms with Gasteiger partial charge in [0, 0.05) is 0 Å². The maximum atomic E-state index is 11.3. The van der Waals surface area contributed by atoms with Crippen molar-refractivity contribution in [3.8, 4) is 0 Å². The Kier molecular flexibility index (Phi) is 3.85. The summed E-state index contributed by atoms with van der Waals surface area (Å²) in [6, 6.07) is -0.298. The van der Waals surface area contributed by atoms with Crippen LogP contribution in [0.2, 0.25) is 0 Å². The van der Waals surface area contributed by atoms with E-state index in [9.17, 15) is 9.90 Å². The second-order valence-corrected chi connectivity index (χ2v) is 5.69. The second-order valence-electron chi connectivity index (χ2n) is 5.69. The van der Waals surface area contributed by atoms with Gasteiger partial charge in [0.25, 0.3) is 0 Å². The Morgan fingerprint density at radius 3 is 2.38 bits per heavy atom. The van der Waals surface area contributed by atoms with Gasteiger partial charge in [-0.05, 0) is 50.0 Å². The van der Waals surface area contributed by atoms with Gasteiger partial charge in [-0.25, -0.2) is 0 Å². The quantitative estimate of drug-likeness (QED) is 0.754. The summed E-state index contributed by atoms with van der Waals surface area (Å²) >= 11 is 0. The Labute approximate surface area is 97.6 Å². The van der Waals surface area contributed by atoms with E-state index in [-0.39, 0.29) is 6.04 Å². The van der Waals surface area contributed by atoms with Gasteiger partial charge >= 0.3 is 5.97 Å². The van der Waals surface area contributed by atoms with Gasteiger partial charge in [0.1, 0.15) is 6.04 Å². The molecular weight excluding hydrogens is 202 g/mol. The van der Waals surface area contributed by atoms with Crippen LogP contribution in [-0.4, -0.2) is 23.7 Å². The normalized spacial score (nSPS) is 32.3. The third-order valence-corrected chi connectivity index (χ3v) is 4.12. The van der Waals surface area contributed by atoms with E-state index in [0.29, 0.717) is 5.92 Å². The number of rotatable bonds is 5. The van der Waals surface area contributed by atoms with Crippen LogP contribution in [-0.2, 0) is 4.79 Å². The smallest absolute Gasteiger partial charge is 0.320 e. The lowest BCUT2D eigenvalue weighted by atomic mass is 9.79. The van der Waals surface area contributed by atoms with E-state index in [4.69, 9.17) is 0 Å². The van der Waals surface area contributed by atoms with Crippen molar-refractivity contribution in [1.29, 1.82) is 0 Å². The fourth-order valence-electron chi connectivity index (χ4n) is 2.69. The molecule has 92 valence electrons. The zero-order chi connectivity index (χ0) is 11.5. The van der Waals surface area contributed by atoms with Crippen molar-refractivity contribution in [1.82, 2.24) is 5.32 Å². The molecule has 3 nitrogen and oxygen atoms in total. The molecule has 2 aliphatic carbocycles. The van der Waals surface area contributed by atoms with Gasteiger partial charge in [-0.3, -0.25) is 4.79 Å². The first-order valence-electron chi connectivity index (χ1n) is 6.63. The number of nitrogens with one attached hydrogen (secondary N) is 1. The SMILES string of the molecule is CC1CCC(C(NCC2CC2)C(=O)O)CC1. The highest BCUT2D eigenvalue weighted by atomic mass is 16.4. The van der Waals surface area contributed by atoms with Gasteiger partial charge in [-0.2, -0.15) is 0 Å². The molecule has 0 aromatic rings. The van der Waals surface area contributed by atoms with Crippen molar-refractivity contribution < 1.29 is 9.90 Å². The molecule has 2 saturated carbocycles. The molecule has 2 aliphatic rings. The van der Waals surface area contributed by atoms with Crippen LogP contribution in [0.4, 0.5) is 0 Å². The first-order valence-corrected chi connectivity index (χ1v) is 6.63. The Morgan fingerprint density at radius 1 is 1.25 bits per heavy atom. The highest BCUT2D eigenvalue weighted by Crippen LogP contribution is 2.32. The third kappa shape index (κ3) is 3.21. The summed E-state index contributed by atoms with van der Waals surface area (Å²) < 4.78 is 0. The minimum atomic E-state index is -0.653. The monoisotopic (exact) mass is 225 g/mol. The minimum absolute atomic E-state index is 0.298. The molecule has 2 fully saturated rings. The van der Waals surface area contributed by atoms with E-state index in [1.165, 1.54) is 25.7 Å². The molecular formula is C13H23NO2. The highest BCUT2D eigenvalue weighted by Gasteiger charge is 2.32. The van der Waals surface area contributed by atoms with Gasteiger partial charge in [0.15, 0.2) is 0 Å². The van der Waals surface area contributed by atoms with E-state index in [2.05, 4.69) is 12.2 Å². The molecule has 0 aromatic carbocycles. The molecule has 0 aromatic heterocycles. The van der Waals surface area contributed by atoms with Gasteiger partial charge in [-0.1, -0.05) is 19.8 Å². The van der Waals surface area contributed by atoms with Crippen LogP contribution < -0.4 is 5.32 Å². The van der Waals surface area contributed by atoms with Crippen molar-refractivity contribution in [3.63, 3.8) is 0 Å². The highest BCUT2D eigenvalue weighted by molar-refractivity contribution is 5.73. The first-order chi connectivity index (χ1) is 7.66. The fraction of sp³-hybridized carbons (Fsp3) is 0.923. The topological polar surface area (TPSA) is 49.3 Å². The fourth-order valence-corrected chi connectivity index (χ4v) is 2.69. The molecule has 1 unspecified atom stereocenters. The Morgan fingerprint density at radius 2 is 1.88 bits per heavy atom. The van der Waals surface area contributed by atoms with Crippen LogP contribution in [0.3, 0.4) is 0 Å². The van der Waals surface area contributed by atoms with Crippen molar-refractivity contribution in [2.75, 3.05) is 6.54 Å². The van der Waals surface area contributed by atoms with Crippen LogP contribution in [0.15, 0.2) is 0 Å². The summed E-state index contributed by atoms with van der Waals surface area (Å²) in [5.41, 5.74) is 0. The Balaban J connectivity index is 1.82. The van der Waals surface area contributed by atoms with Crippen LogP contribution in [0.25, 0.3) is 0 Å². The van der Waals surface area contributed by atoms with E-state index in [1.807, 2.05) is 0 Å². The summed E-state index contributed by atoms with van der Waals surface area (Å²) in [5, 5.41) is 12.5. The number of hydrogen-bond donors (Lipinski definition) is 2. The van der Waals surface area contributed by atoms with Gasteiger partial charge in [0.2, 0.25) is 0 Å². The lowest BCUT2D eigenvalue weighted by Gasteiger charge is -2.31. The Bertz CT molecular complexity index is 242. The number of carboxylic acid groups (broad SMARTS) is 1. The third-order valence-electron chi connectivity index (χ3n) is 4.12. The molecule has 3 heteroatoms. The van der Waals surface area contributed by atoms with E-state index in [1.54, 1.807) is 0 Å². The molecule has 0 radical (unpaired) electrons. The van der Waals surface area contributed by atoms with E-state index in [0.717, 1.165) is 31.2 Å². The zero-order valence-electron chi connectivity index (χ0n) is 10.1. The largest absolute Gasteiger partial charge is 0.480 e. The molecule has 2 N–H and O–H groups in total. The number of carboxylic acids is 1. The summed E-state index contributed by atoms with van der Waals surface area (Å²) in [7, 11) is 0. The summed E-state index contributed by atoms with van der Waals surface area (Å²) in [4.78, 5) is 11.3. The first kappa shape index (κ1) is 11.9. The van der Waals surface area contributed by atoms with Gasteiger partial charge < -0.3 is 10.4 Å². The molecule has 0 saturated heterocycles. The predicted molar refractivity (Wildman–Crippen MR) is 63.3 cm³/mol. The van der Waals surface area contributed by atoms with Crippen molar-refractivity contribution in [3.05, 3.63) is 0 Å². The maximum Gasteiger partial charge on any atom is 0.320 e. The summed E-state index contributed by atoms with van der Waals surface area (Å²) in [6.45, 7) is 3.17. The lowest BCUT2D eigenvalue weighted by Crippen LogP contribution is -2.44. The average molecular weight is 225 g/mol. The van der Waals surface area contributed by atoms with Gasteiger partial charge in [0.05, 0.1) is 0 Å². The predicted octanol–water partition coefficient (Wildman–Crippen LogP) is 2.27. The minimum Gasteiger partial charge on any atom is -0.480 e. The van der Waals surface area contributed by atoms with Crippen molar-refractivity contribution in [2.45, 2.75) is 51.5 Å². The number of carbonyl (C=O) groups is 1. The molecule has 0 bridgehead atoms. The van der Waals surface area contributed by atoms with Crippen LogP contribution in [0.1, 0.15) is 45.4 Å². The molecule has 1 atom stereocenters. The van der Waals surface area contributed by atoms with Crippen LogP contribution in [0.5, 0.6) is 0 Å². The molecule has 0 spiro atoms. The molecule has 2 rings (SSSR count). The summed E-state index contributed by atoms with van der Waals surface area (Å²) in [5.74, 6) is 1.24. The lowest BCUT2D eigenvalue weighted by molar-refractivity contribution is -0.141. The molecule has 0 aliphatic heterocycles. The standard InChI is InChI=1S/C13H23NO2/c1-9-2-6-11(7-3-9)12(13(15)16)14-8-10-4-5-10/h9-12,14H,2-8H2,1H3,(H,15,16). The van der Waals surface area contributed by atoms with E-state index < -0.39 is 5.97 Å². The molecule has 0 amide bonds. The van der Waals surface area contributed by atoms with E-state index >= 15 is 0 Å². The maximum absolute atomic E-state index is 11.3. The Hall–Kier alpha value is -0.570. The number of hydrogen-bond acceptors (Lipinski definition) is 2. The van der Waals surface area contributed by atoms with Crippen LogP contribution >= 0.6 is 0 Å². The van der Waals surface area contributed by atoms with Crippen molar-refractivity contribution in [2.24, 2.45) is 17.8 Å². The zero-order valence-corrected chi connectivity index (χ0v) is 10.1. The average Bonchev–Trinajstić information content (AvgIpc) is 3.04. The van der Waals surface area contributed by atoms with Gasteiger partial charge in [-0.15, -0.1) is 0 Å². The van der Waals surface area contributed by atoms with Crippen LogP contribution in [0, 0.1) is 17.8 Å². The molecule has 0 heterocycles. The van der Waals surface area contributed by atoms with Crippen molar-refractivity contribution >= 4 is 5.97 Å². The number of aliphatic carboxylic acids is 1. The second kappa shape index (κ2) is 5.17.